The molecule has 7 heteroatoms. The van der Waals surface area contributed by atoms with Crippen molar-refractivity contribution >= 4 is 38.3 Å². The summed E-state index contributed by atoms with van der Waals surface area (Å²) in [7, 11) is -4.67. The Hall–Kier alpha value is 0.830. The monoisotopic (exact) mass is 165 g/mol. The van der Waals surface area contributed by atoms with Gasteiger partial charge in [0.05, 0.1) is 0 Å². The van der Waals surface area contributed by atoms with Gasteiger partial charge in [-0.25, -0.2) is 0 Å². The molecule has 0 aromatic heterocycles. The minimum Gasteiger partial charge on any atom is -0.264 e. The van der Waals surface area contributed by atoms with Gasteiger partial charge >= 0.3 is 54.3 Å². The average Bonchev–Trinajstić information content (AvgIpc) is 1.19. The van der Waals surface area contributed by atoms with Crippen LogP contribution in [-0.4, -0.2) is 48.7 Å². The van der Waals surface area contributed by atoms with Crippen LogP contribution in [0, 0.1) is 0 Å². The van der Waals surface area contributed by atoms with Crippen LogP contribution in [0.25, 0.3) is 0 Å². The van der Waals surface area contributed by atoms with Crippen LogP contribution in [-0.2, 0) is 10.4 Å². The molecule has 4 N–H and O–H groups in total. The first-order valence-corrected chi connectivity index (χ1v) is 4.74. The predicted molar refractivity (Wildman–Crippen MR) is 33.6 cm³/mol. The third-order valence-electron chi connectivity index (χ3n) is 0. The standard InChI is InChI=1S/C2H6N.Na.H2O4S/c1-2-3;;1-5(2,3)4/h2H,3H2,1H3;;(H2,1,2,3,4). The van der Waals surface area contributed by atoms with Crippen molar-refractivity contribution in [3.63, 3.8) is 0 Å². The van der Waals surface area contributed by atoms with Gasteiger partial charge in [-0.3, -0.25) is 9.11 Å². The van der Waals surface area contributed by atoms with Gasteiger partial charge < -0.3 is 0 Å². The molecule has 0 aliphatic rings. The molecule has 0 aromatic carbocycles. The van der Waals surface area contributed by atoms with E-state index in [0.717, 1.165) is 27.9 Å². The van der Waals surface area contributed by atoms with E-state index < -0.39 is 10.4 Å². The molecule has 0 bridgehead atoms. The number of hydrogen-bond donors (Lipinski definition) is 3. The van der Waals surface area contributed by atoms with Gasteiger partial charge in [-0.1, -0.05) is 0 Å². The number of rotatable bonds is 0. The van der Waals surface area contributed by atoms with Crippen molar-refractivity contribution in [1.82, 2.24) is 0 Å². The largest absolute Gasteiger partial charge is 0.394 e. The maximum absolute atomic E-state index is 8.74. The van der Waals surface area contributed by atoms with E-state index in [-0.39, 0.29) is 0 Å². The van der Waals surface area contributed by atoms with Gasteiger partial charge in [0.25, 0.3) is 0 Å². The second kappa shape index (κ2) is 5.60. The Bertz CT molecular complexity index is 130. The van der Waals surface area contributed by atoms with Gasteiger partial charge in [0.1, 0.15) is 0 Å². The van der Waals surface area contributed by atoms with Gasteiger partial charge in [0.15, 0.2) is 0 Å². The molecule has 0 saturated heterocycles. The van der Waals surface area contributed by atoms with E-state index in [1.807, 2.05) is 6.92 Å². The van der Waals surface area contributed by atoms with Crippen molar-refractivity contribution in [2.75, 3.05) is 0 Å². The molecule has 0 amide bonds. The molecule has 9 heavy (non-hydrogen) atoms. The molecule has 0 saturated carbocycles. The summed E-state index contributed by atoms with van der Waals surface area (Å²) in [5, 5.41) is 0. The van der Waals surface area contributed by atoms with Crippen molar-refractivity contribution in [2.24, 2.45) is 5.73 Å². The number of nitrogens with two attached hydrogens (primary N) is 1. The molecule has 0 aliphatic heterocycles. The Morgan fingerprint density at radius 1 is 1.56 bits per heavy atom. The second-order valence-corrected chi connectivity index (χ2v) is 4.41. The molecule has 1 atom stereocenters. The minimum absolute atomic E-state index is 0.472. The van der Waals surface area contributed by atoms with Gasteiger partial charge in [0, 0.05) is 0 Å². The first-order chi connectivity index (χ1) is 3.73. The zero-order chi connectivity index (χ0) is 8.08. The summed E-state index contributed by atoms with van der Waals surface area (Å²) in [5.41, 5.74) is 5.17. The van der Waals surface area contributed by atoms with E-state index in [9.17, 15) is 0 Å². The third kappa shape index (κ3) is 598. The fourth-order valence-electron chi connectivity index (χ4n) is 0. The fourth-order valence-corrected chi connectivity index (χ4v) is 0. The van der Waals surface area contributed by atoms with Crippen LogP contribution in [0.15, 0.2) is 0 Å². The molecule has 0 aromatic rings. The summed E-state index contributed by atoms with van der Waals surface area (Å²) in [6.45, 7) is 2.01. The van der Waals surface area contributed by atoms with E-state index in [1.54, 1.807) is 0 Å². The van der Waals surface area contributed by atoms with E-state index in [0.29, 0.717) is 3.29 Å². The van der Waals surface area contributed by atoms with Crippen LogP contribution < -0.4 is 5.73 Å². The molecule has 1 unspecified atom stereocenters. The van der Waals surface area contributed by atoms with E-state index in [4.69, 9.17) is 23.3 Å². The van der Waals surface area contributed by atoms with Crippen molar-refractivity contribution < 1.29 is 17.5 Å². The maximum atomic E-state index is 8.74. The Balaban J connectivity index is 0. The Kier molecular flexibility index (Phi) is 7.78. The van der Waals surface area contributed by atoms with Crippen molar-refractivity contribution in [2.45, 2.75) is 10.2 Å². The zero-order valence-corrected chi connectivity index (χ0v) is 8.09. The van der Waals surface area contributed by atoms with Crippen LogP contribution in [0.2, 0.25) is 0 Å². The van der Waals surface area contributed by atoms with Crippen LogP contribution in [0.1, 0.15) is 6.92 Å². The second-order valence-electron chi connectivity index (χ2n) is 1.69. The van der Waals surface area contributed by atoms with Crippen molar-refractivity contribution in [3.05, 3.63) is 0 Å². The molecule has 0 heterocycles. The summed E-state index contributed by atoms with van der Waals surface area (Å²) in [5.74, 6) is 0. The normalized spacial score (nSPS) is 13.6. The van der Waals surface area contributed by atoms with Gasteiger partial charge in [-0.2, -0.15) is 8.42 Å². The van der Waals surface area contributed by atoms with E-state index in [1.165, 1.54) is 0 Å². The molecule has 5 nitrogen and oxygen atoms in total. The quantitative estimate of drug-likeness (QED) is 0.309. The van der Waals surface area contributed by atoms with Crippen LogP contribution in [0.3, 0.4) is 0 Å². The number of hydrogen-bond acceptors (Lipinski definition) is 3. The summed E-state index contributed by atoms with van der Waals surface area (Å²) in [6, 6.07) is 0. The molecule has 0 radical (unpaired) electrons. The first-order valence-electron chi connectivity index (χ1n) is 2.19. The fraction of sp³-hybridized carbons (Fsp3) is 1.00. The van der Waals surface area contributed by atoms with E-state index >= 15 is 0 Å². The van der Waals surface area contributed by atoms with Crippen molar-refractivity contribution in [1.29, 1.82) is 0 Å². The third-order valence-corrected chi connectivity index (χ3v) is 0. The maximum Gasteiger partial charge on any atom is 0.394 e. The molecular formula is C2H8NNaO4S. The molecule has 0 aliphatic carbocycles. The predicted octanol–water partition coefficient (Wildman–Crippen LogP) is -1.19. The Morgan fingerprint density at radius 3 is 1.56 bits per heavy atom. The van der Waals surface area contributed by atoms with Gasteiger partial charge in [-0.05, 0) is 0 Å². The SMILES string of the molecule is C[CH](N)[Na].O=S(=O)(O)O. The zero-order valence-electron chi connectivity index (χ0n) is 5.27. The molecule has 0 spiro atoms. The summed E-state index contributed by atoms with van der Waals surface area (Å²) in [4.78, 5) is 0. The van der Waals surface area contributed by atoms with Gasteiger partial charge in [-0.15, -0.1) is 0 Å². The Labute approximate surface area is 71.6 Å². The first kappa shape index (κ1) is 12.5. The van der Waals surface area contributed by atoms with Gasteiger partial charge in [0.2, 0.25) is 0 Å². The molecular weight excluding hydrogens is 157 g/mol. The molecule has 52 valence electrons. The molecule has 0 rings (SSSR count). The smallest absolute Gasteiger partial charge is 0.264 e. The molecule has 0 fully saturated rings. The van der Waals surface area contributed by atoms with Crippen LogP contribution in [0.5, 0.6) is 0 Å². The average molecular weight is 165 g/mol. The topological polar surface area (TPSA) is 101 Å². The Morgan fingerprint density at radius 2 is 1.56 bits per heavy atom. The van der Waals surface area contributed by atoms with Crippen LogP contribution >= 0.6 is 0 Å². The van der Waals surface area contributed by atoms with Crippen molar-refractivity contribution in [3.8, 4) is 0 Å². The van der Waals surface area contributed by atoms with E-state index in [2.05, 4.69) is 0 Å². The summed E-state index contributed by atoms with van der Waals surface area (Å²) >= 11 is 1.13. The summed E-state index contributed by atoms with van der Waals surface area (Å²) < 4.78 is 32.1. The van der Waals surface area contributed by atoms with Crippen LogP contribution in [0.4, 0.5) is 0 Å². The summed E-state index contributed by atoms with van der Waals surface area (Å²) in [6.07, 6.45) is 0. The minimum atomic E-state index is -4.67.